The summed E-state index contributed by atoms with van der Waals surface area (Å²) in [6, 6.07) is 10.4. The van der Waals surface area contributed by atoms with Crippen LogP contribution in [0.2, 0.25) is 10.0 Å². The van der Waals surface area contributed by atoms with Crippen LogP contribution in [-0.2, 0) is 4.79 Å². The topological polar surface area (TPSA) is 93.8 Å². The van der Waals surface area contributed by atoms with Gasteiger partial charge in [-0.2, -0.15) is 9.78 Å². The average Bonchev–Trinajstić information content (AvgIpc) is 2.81. The van der Waals surface area contributed by atoms with Crippen molar-refractivity contribution < 1.29 is 14.6 Å². The fourth-order valence-electron chi connectivity index (χ4n) is 4.00. The predicted octanol–water partition coefficient (Wildman–Crippen LogP) is 5.49. The molecule has 2 aromatic carbocycles. The molecule has 0 amide bonds. The normalized spacial score (nSPS) is 15.7. The molecule has 0 aliphatic heterocycles. The van der Waals surface area contributed by atoms with Gasteiger partial charge in [0.15, 0.2) is 11.9 Å². The molecule has 33 heavy (non-hydrogen) atoms. The van der Waals surface area contributed by atoms with Gasteiger partial charge in [0.1, 0.15) is 5.82 Å². The van der Waals surface area contributed by atoms with E-state index in [0.717, 1.165) is 25.7 Å². The highest BCUT2D eigenvalue weighted by Gasteiger charge is 2.22. The maximum atomic E-state index is 13.3. The summed E-state index contributed by atoms with van der Waals surface area (Å²) in [6.07, 6.45) is 5.68. The third-order valence-corrected chi connectivity index (χ3v) is 6.30. The Bertz CT molecular complexity index is 1260. The number of aliphatic carboxylic acids is 1. The van der Waals surface area contributed by atoms with E-state index in [9.17, 15) is 9.59 Å². The average molecular weight is 488 g/mol. The number of nitrogens with zero attached hydrogens (tertiary/aromatic N) is 3. The maximum Gasteiger partial charge on any atom is 0.344 e. The third kappa shape index (κ3) is 5.04. The van der Waals surface area contributed by atoms with Gasteiger partial charge in [-0.15, -0.1) is 0 Å². The largest absolute Gasteiger partial charge is 0.479 e. The number of hydrogen-bond donors (Lipinski definition) is 1. The number of benzene rings is 2. The van der Waals surface area contributed by atoms with Crippen LogP contribution in [0.3, 0.4) is 0 Å². The summed E-state index contributed by atoms with van der Waals surface area (Å²) in [6.45, 7) is 1.39. The number of fused-ring (bicyclic) bond motifs is 1. The monoisotopic (exact) mass is 487 g/mol. The molecule has 0 saturated heterocycles. The molecule has 3 aromatic rings. The molecule has 1 N–H and O–H groups in total. The van der Waals surface area contributed by atoms with Crippen molar-refractivity contribution in [1.82, 2.24) is 9.66 Å². The van der Waals surface area contributed by atoms with Gasteiger partial charge in [-0.05, 0) is 49.6 Å². The van der Waals surface area contributed by atoms with Gasteiger partial charge in [-0.1, -0.05) is 54.6 Å². The molecule has 4 rings (SSSR count). The predicted molar refractivity (Wildman–Crippen MR) is 129 cm³/mol. The lowest BCUT2D eigenvalue weighted by Gasteiger charge is -2.22. The molecule has 1 aliphatic rings. The lowest BCUT2D eigenvalue weighted by Crippen LogP contribution is -2.25. The van der Waals surface area contributed by atoms with Gasteiger partial charge < -0.3 is 9.84 Å². The van der Waals surface area contributed by atoms with E-state index in [1.165, 1.54) is 24.2 Å². The number of rotatable bonds is 6. The van der Waals surface area contributed by atoms with Crippen LogP contribution in [0.5, 0.6) is 5.75 Å². The summed E-state index contributed by atoms with van der Waals surface area (Å²) in [4.78, 5) is 29.1. The molecule has 1 fully saturated rings. The van der Waals surface area contributed by atoms with Gasteiger partial charge in [0.25, 0.3) is 5.56 Å². The van der Waals surface area contributed by atoms with Crippen molar-refractivity contribution in [2.24, 2.45) is 5.10 Å². The van der Waals surface area contributed by atoms with Crippen molar-refractivity contribution in [2.75, 3.05) is 0 Å². The van der Waals surface area contributed by atoms with Crippen LogP contribution in [-0.4, -0.2) is 33.1 Å². The Kier molecular flexibility index (Phi) is 7.00. The van der Waals surface area contributed by atoms with Crippen molar-refractivity contribution in [3.8, 4) is 5.75 Å². The first-order chi connectivity index (χ1) is 15.8. The number of ether oxygens (including phenoxy) is 1. The molecule has 172 valence electrons. The number of para-hydroxylation sites is 1. The van der Waals surface area contributed by atoms with E-state index in [-0.39, 0.29) is 27.3 Å². The van der Waals surface area contributed by atoms with Gasteiger partial charge >= 0.3 is 5.97 Å². The van der Waals surface area contributed by atoms with Gasteiger partial charge in [0.05, 0.1) is 27.2 Å². The second-order valence-electron chi connectivity index (χ2n) is 8.10. The first-order valence-corrected chi connectivity index (χ1v) is 11.6. The Morgan fingerprint density at radius 3 is 2.55 bits per heavy atom. The molecule has 0 bridgehead atoms. The van der Waals surface area contributed by atoms with Gasteiger partial charge in [-0.25, -0.2) is 9.78 Å². The lowest BCUT2D eigenvalue weighted by molar-refractivity contribution is -0.144. The smallest absolute Gasteiger partial charge is 0.344 e. The number of hydrogen-bond acceptors (Lipinski definition) is 5. The second kappa shape index (κ2) is 9.93. The van der Waals surface area contributed by atoms with E-state index in [4.69, 9.17) is 38.0 Å². The highest BCUT2D eigenvalue weighted by Crippen LogP contribution is 2.35. The van der Waals surface area contributed by atoms with E-state index < -0.39 is 12.1 Å². The molecule has 0 radical (unpaired) electrons. The zero-order valence-corrected chi connectivity index (χ0v) is 19.5. The van der Waals surface area contributed by atoms with Crippen LogP contribution in [0.4, 0.5) is 0 Å². The van der Waals surface area contributed by atoms with Crippen molar-refractivity contribution in [1.29, 1.82) is 0 Å². The van der Waals surface area contributed by atoms with Crippen LogP contribution in [0.25, 0.3) is 10.9 Å². The molecule has 0 spiro atoms. The van der Waals surface area contributed by atoms with Crippen molar-refractivity contribution in [2.45, 2.75) is 51.0 Å². The molecule has 0 unspecified atom stereocenters. The van der Waals surface area contributed by atoms with E-state index in [1.54, 1.807) is 24.3 Å². The summed E-state index contributed by atoms with van der Waals surface area (Å²) in [5.41, 5.74) is 0.967. The van der Waals surface area contributed by atoms with Crippen LogP contribution < -0.4 is 10.3 Å². The van der Waals surface area contributed by atoms with E-state index in [2.05, 4.69) is 5.10 Å². The van der Waals surface area contributed by atoms with E-state index in [1.807, 2.05) is 12.1 Å². The zero-order chi connectivity index (χ0) is 23.5. The second-order valence-corrected chi connectivity index (χ2v) is 8.91. The zero-order valence-electron chi connectivity index (χ0n) is 18.0. The fraction of sp³-hybridized carbons (Fsp3) is 0.333. The van der Waals surface area contributed by atoms with Gasteiger partial charge in [-0.3, -0.25) is 4.79 Å². The highest BCUT2D eigenvalue weighted by molar-refractivity contribution is 6.37. The summed E-state index contributed by atoms with van der Waals surface area (Å²) >= 11 is 12.6. The third-order valence-electron chi connectivity index (χ3n) is 5.73. The van der Waals surface area contributed by atoms with Crippen LogP contribution in [0.15, 0.2) is 46.3 Å². The van der Waals surface area contributed by atoms with Crippen LogP contribution in [0.1, 0.15) is 56.3 Å². The minimum atomic E-state index is -1.13. The molecule has 7 nitrogen and oxygen atoms in total. The number of halogens is 2. The molecule has 1 atom stereocenters. The quantitative estimate of drug-likeness (QED) is 0.464. The molecule has 1 heterocycles. The van der Waals surface area contributed by atoms with Crippen LogP contribution >= 0.6 is 23.2 Å². The number of carboxylic acids is 1. The maximum absolute atomic E-state index is 13.3. The van der Waals surface area contributed by atoms with Gasteiger partial charge in [0.2, 0.25) is 0 Å². The van der Waals surface area contributed by atoms with Crippen LogP contribution in [0, 0.1) is 0 Å². The molecule has 1 saturated carbocycles. The Labute approximate surface area is 200 Å². The summed E-state index contributed by atoms with van der Waals surface area (Å²) in [7, 11) is 0. The number of carboxylic acid groups (broad SMARTS) is 1. The lowest BCUT2D eigenvalue weighted by atomic mass is 9.88. The Morgan fingerprint density at radius 1 is 1.21 bits per heavy atom. The molecular formula is C24H23Cl2N3O4. The number of carbonyl (C=O) groups is 1. The Morgan fingerprint density at radius 2 is 1.88 bits per heavy atom. The van der Waals surface area contributed by atoms with E-state index >= 15 is 0 Å². The molecule has 1 aliphatic carbocycles. The summed E-state index contributed by atoms with van der Waals surface area (Å²) in [5.74, 6) is -0.236. The molecule has 1 aromatic heterocycles. The molecule has 9 heteroatoms. The Balaban J connectivity index is 1.74. The summed E-state index contributed by atoms with van der Waals surface area (Å²) < 4.78 is 6.72. The molecular weight excluding hydrogens is 465 g/mol. The minimum absolute atomic E-state index is 0.0813. The van der Waals surface area contributed by atoms with Crippen molar-refractivity contribution in [3.05, 3.63) is 68.2 Å². The SMILES string of the molecule is C[C@H](Oc1c(Cl)cc(C=Nn2c(C3CCCCC3)nc3ccccc3c2=O)cc1Cl)C(=O)O. The minimum Gasteiger partial charge on any atom is -0.479 e. The highest BCUT2D eigenvalue weighted by atomic mass is 35.5. The number of aromatic nitrogens is 2. The van der Waals surface area contributed by atoms with Crippen molar-refractivity contribution >= 4 is 46.3 Å². The first kappa shape index (κ1) is 23.3. The van der Waals surface area contributed by atoms with E-state index in [0.29, 0.717) is 22.3 Å². The fourth-order valence-corrected chi connectivity index (χ4v) is 4.59. The Hall–Kier alpha value is -2.90. The summed E-state index contributed by atoms with van der Waals surface area (Å²) in [5, 5.41) is 14.3. The standard InChI is InChI=1S/C24H23Cl2N3O4/c1-14(24(31)32)33-21-18(25)11-15(12-19(21)26)13-27-29-22(16-7-3-2-4-8-16)28-20-10-6-5-9-17(20)23(29)30/h5-6,9-14,16H,2-4,7-8H2,1H3,(H,31,32)/t14-/m0/s1. The van der Waals surface area contributed by atoms with Gasteiger partial charge in [0, 0.05) is 5.92 Å². The van der Waals surface area contributed by atoms with Crippen molar-refractivity contribution in [3.63, 3.8) is 0 Å². The first-order valence-electron chi connectivity index (χ1n) is 10.8.